The van der Waals surface area contributed by atoms with Crippen molar-refractivity contribution in [3.8, 4) is 5.75 Å². The molecule has 1 aliphatic heterocycles. The number of hydrogen-bond donors (Lipinski definition) is 0. The van der Waals surface area contributed by atoms with Crippen LogP contribution in [0, 0.1) is 0 Å². The maximum absolute atomic E-state index is 13.0. The zero-order valence-electron chi connectivity index (χ0n) is 14.3. The zero-order valence-corrected chi connectivity index (χ0v) is 15.9. The first-order chi connectivity index (χ1) is 12.4. The maximum Gasteiger partial charge on any atom is 0.264 e. The topological polar surface area (TPSA) is 76.8 Å². The second-order valence-corrected chi connectivity index (χ2v) is 8.93. The summed E-state index contributed by atoms with van der Waals surface area (Å²) in [5.41, 5.74) is 0. The molecule has 140 valence electrons. The Morgan fingerprint density at radius 2 is 2.12 bits per heavy atom. The molecule has 2 atom stereocenters. The van der Waals surface area contributed by atoms with Crippen molar-refractivity contribution in [1.29, 1.82) is 0 Å². The van der Waals surface area contributed by atoms with Gasteiger partial charge in [-0.3, -0.25) is 4.79 Å². The highest BCUT2D eigenvalue weighted by molar-refractivity contribution is 7.91. The van der Waals surface area contributed by atoms with E-state index in [1.54, 1.807) is 43.3 Å². The molecule has 0 saturated carbocycles. The minimum atomic E-state index is -3.13. The lowest BCUT2D eigenvalue weighted by molar-refractivity contribution is -0.140. The molecule has 26 heavy (non-hydrogen) atoms. The molecule has 0 bridgehead atoms. The molecule has 1 aromatic heterocycles. The monoisotopic (exact) mass is 397 g/mol. The Morgan fingerprint density at radius 1 is 1.35 bits per heavy atom. The van der Waals surface area contributed by atoms with Gasteiger partial charge in [-0.15, -0.1) is 0 Å². The lowest BCUT2D eigenvalue weighted by atomic mass is 10.2. The molecule has 2 aromatic rings. The van der Waals surface area contributed by atoms with Crippen LogP contribution in [-0.2, 0) is 21.2 Å². The van der Waals surface area contributed by atoms with Crippen molar-refractivity contribution in [2.24, 2.45) is 0 Å². The van der Waals surface area contributed by atoms with Gasteiger partial charge in [-0.2, -0.15) is 0 Å². The van der Waals surface area contributed by atoms with E-state index < -0.39 is 22.0 Å². The Balaban J connectivity index is 1.78. The largest absolute Gasteiger partial charge is 0.479 e. The number of rotatable bonds is 6. The molecule has 1 aromatic carbocycles. The van der Waals surface area contributed by atoms with Crippen LogP contribution in [0.3, 0.4) is 0 Å². The molecule has 6 nitrogen and oxygen atoms in total. The summed E-state index contributed by atoms with van der Waals surface area (Å²) >= 11 is 6.09. The molecule has 3 rings (SSSR count). The summed E-state index contributed by atoms with van der Waals surface area (Å²) in [6.45, 7) is 1.83. The van der Waals surface area contributed by atoms with Gasteiger partial charge in [-0.25, -0.2) is 8.42 Å². The van der Waals surface area contributed by atoms with Gasteiger partial charge in [0.25, 0.3) is 5.91 Å². The van der Waals surface area contributed by atoms with Crippen molar-refractivity contribution in [3.05, 3.63) is 53.4 Å². The van der Waals surface area contributed by atoms with Crippen LogP contribution in [0.1, 0.15) is 19.1 Å². The molecular formula is C18H20ClNO5S. The molecule has 0 aliphatic carbocycles. The summed E-state index contributed by atoms with van der Waals surface area (Å²) in [4.78, 5) is 14.5. The van der Waals surface area contributed by atoms with E-state index in [2.05, 4.69) is 0 Å². The Bertz CT molecular complexity index is 865. The Hall–Kier alpha value is -1.99. The van der Waals surface area contributed by atoms with Crippen LogP contribution >= 0.6 is 11.6 Å². The van der Waals surface area contributed by atoms with Crippen LogP contribution in [0.2, 0.25) is 5.02 Å². The SMILES string of the molecule is C[C@H](Oc1ccccc1Cl)C(=O)N(Cc1ccco1)[C@@H]1CCS(=O)(=O)C1. The van der Waals surface area contributed by atoms with Crippen LogP contribution in [0.15, 0.2) is 47.1 Å². The molecule has 0 radical (unpaired) electrons. The van der Waals surface area contributed by atoms with Gasteiger partial charge in [-0.1, -0.05) is 23.7 Å². The number of nitrogens with zero attached hydrogens (tertiary/aromatic N) is 1. The quantitative estimate of drug-likeness (QED) is 0.749. The number of sulfone groups is 1. The number of furan rings is 1. The van der Waals surface area contributed by atoms with E-state index >= 15 is 0 Å². The summed E-state index contributed by atoms with van der Waals surface area (Å²) in [5.74, 6) is 0.737. The van der Waals surface area contributed by atoms with Gasteiger partial charge in [0.1, 0.15) is 11.5 Å². The van der Waals surface area contributed by atoms with E-state index in [9.17, 15) is 13.2 Å². The van der Waals surface area contributed by atoms with Gasteiger partial charge in [0.15, 0.2) is 15.9 Å². The van der Waals surface area contributed by atoms with Crippen LogP contribution in [0.5, 0.6) is 5.75 Å². The molecule has 0 N–H and O–H groups in total. The number of benzene rings is 1. The molecule has 1 saturated heterocycles. The van der Waals surface area contributed by atoms with Crippen LogP contribution < -0.4 is 4.74 Å². The van der Waals surface area contributed by atoms with Crippen molar-refractivity contribution >= 4 is 27.3 Å². The predicted molar refractivity (Wildman–Crippen MR) is 97.9 cm³/mol. The first kappa shape index (κ1) is 18.8. The fourth-order valence-corrected chi connectivity index (χ4v) is 4.90. The standard InChI is InChI=1S/C18H20ClNO5S/c1-13(25-17-7-3-2-6-16(17)19)18(21)20(11-15-5-4-9-24-15)14-8-10-26(22,23)12-14/h2-7,9,13-14H,8,10-12H2,1H3/t13-,14+/m0/s1. The van der Waals surface area contributed by atoms with Crippen molar-refractivity contribution < 1.29 is 22.4 Å². The number of halogens is 1. The average molecular weight is 398 g/mol. The molecule has 0 unspecified atom stereocenters. The molecule has 1 amide bonds. The van der Waals surface area contributed by atoms with Crippen molar-refractivity contribution in [3.63, 3.8) is 0 Å². The van der Waals surface area contributed by atoms with Gasteiger partial charge in [0, 0.05) is 6.04 Å². The van der Waals surface area contributed by atoms with Gasteiger partial charge in [-0.05, 0) is 37.6 Å². The summed E-state index contributed by atoms with van der Waals surface area (Å²) in [6, 6.07) is 9.99. The van der Waals surface area contributed by atoms with Gasteiger partial charge in [0.05, 0.1) is 29.3 Å². The molecule has 0 spiro atoms. The average Bonchev–Trinajstić information content (AvgIpc) is 3.23. The molecule has 8 heteroatoms. The Labute approximate surface area is 157 Å². The summed E-state index contributed by atoms with van der Waals surface area (Å²) in [7, 11) is -3.13. The molecule has 2 heterocycles. The number of carbonyl (C=O) groups is 1. The molecule has 1 aliphatic rings. The molecular weight excluding hydrogens is 378 g/mol. The van der Waals surface area contributed by atoms with Crippen LogP contribution in [0.4, 0.5) is 0 Å². The third kappa shape index (κ3) is 4.40. The van der Waals surface area contributed by atoms with E-state index in [0.717, 1.165) is 0 Å². The van der Waals surface area contributed by atoms with Gasteiger partial charge < -0.3 is 14.1 Å². The Morgan fingerprint density at radius 3 is 2.73 bits per heavy atom. The van der Waals surface area contributed by atoms with Crippen LogP contribution in [0.25, 0.3) is 0 Å². The number of amides is 1. The minimum absolute atomic E-state index is 0.0434. The van der Waals surface area contributed by atoms with Gasteiger partial charge >= 0.3 is 0 Å². The summed E-state index contributed by atoms with van der Waals surface area (Å²) in [5, 5.41) is 0.410. The van der Waals surface area contributed by atoms with E-state index in [0.29, 0.717) is 23.0 Å². The third-order valence-electron chi connectivity index (χ3n) is 4.33. The van der Waals surface area contributed by atoms with Gasteiger partial charge in [0.2, 0.25) is 0 Å². The summed E-state index contributed by atoms with van der Waals surface area (Å²) < 4.78 is 34.8. The normalized spacial score (nSPS) is 19.8. The number of hydrogen-bond acceptors (Lipinski definition) is 5. The number of ether oxygens (including phenoxy) is 1. The second kappa shape index (κ2) is 7.72. The second-order valence-electron chi connectivity index (χ2n) is 6.29. The number of para-hydroxylation sites is 1. The lowest BCUT2D eigenvalue weighted by Gasteiger charge is -2.30. The van der Waals surface area contributed by atoms with E-state index in [-0.39, 0.29) is 24.0 Å². The number of carbonyl (C=O) groups excluding carboxylic acids is 1. The highest BCUT2D eigenvalue weighted by Gasteiger charge is 2.37. The van der Waals surface area contributed by atoms with Crippen molar-refractivity contribution in [1.82, 2.24) is 4.90 Å². The fourth-order valence-electron chi connectivity index (χ4n) is 2.99. The molecule has 1 fully saturated rings. The maximum atomic E-state index is 13.0. The minimum Gasteiger partial charge on any atom is -0.479 e. The van der Waals surface area contributed by atoms with E-state index in [1.165, 1.54) is 11.2 Å². The fraction of sp³-hybridized carbons (Fsp3) is 0.389. The first-order valence-corrected chi connectivity index (χ1v) is 10.5. The van der Waals surface area contributed by atoms with E-state index in [1.807, 2.05) is 0 Å². The van der Waals surface area contributed by atoms with Crippen molar-refractivity contribution in [2.45, 2.75) is 32.0 Å². The van der Waals surface area contributed by atoms with Crippen LogP contribution in [-0.4, -0.2) is 42.9 Å². The Kier molecular flexibility index (Phi) is 5.58. The highest BCUT2D eigenvalue weighted by Crippen LogP contribution is 2.26. The third-order valence-corrected chi connectivity index (χ3v) is 6.39. The smallest absolute Gasteiger partial charge is 0.264 e. The summed E-state index contributed by atoms with van der Waals surface area (Å²) in [6.07, 6.45) is 1.12. The first-order valence-electron chi connectivity index (χ1n) is 8.30. The highest BCUT2D eigenvalue weighted by atomic mass is 35.5. The lowest BCUT2D eigenvalue weighted by Crippen LogP contribution is -2.46. The predicted octanol–water partition coefficient (Wildman–Crippen LogP) is 2.92. The van der Waals surface area contributed by atoms with E-state index in [4.69, 9.17) is 20.8 Å². The van der Waals surface area contributed by atoms with Crippen molar-refractivity contribution in [2.75, 3.05) is 11.5 Å². The zero-order chi connectivity index (χ0) is 18.7.